The van der Waals surface area contributed by atoms with Gasteiger partial charge in [0.25, 0.3) is 0 Å². The first-order chi connectivity index (χ1) is 14.9. The normalized spacial score (nSPS) is 15.2. The van der Waals surface area contributed by atoms with Crippen LogP contribution in [0.3, 0.4) is 0 Å². The summed E-state index contributed by atoms with van der Waals surface area (Å²) in [6.07, 6.45) is -2.94. The highest BCUT2D eigenvalue weighted by atomic mass is 19.4. The van der Waals surface area contributed by atoms with Crippen LogP contribution in [0.5, 0.6) is 0 Å². The van der Waals surface area contributed by atoms with Crippen LogP contribution in [0.25, 0.3) is 33.5 Å². The minimum Gasteiger partial charge on any atom is -0.378 e. The zero-order chi connectivity index (χ0) is 21.6. The van der Waals surface area contributed by atoms with Crippen molar-refractivity contribution in [1.29, 1.82) is 0 Å². The molecule has 0 bridgehead atoms. The van der Waals surface area contributed by atoms with Crippen LogP contribution in [0.4, 0.5) is 24.9 Å². The van der Waals surface area contributed by atoms with Crippen LogP contribution in [0.2, 0.25) is 0 Å². The Morgan fingerprint density at radius 3 is 2.68 bits per heavy atom. The molecule has 2 N–H and O–H groups in total. The molecule has 1 aliphatic rings. The van der Waals surface area contributed by atoms with E-state index in [-0.39, 0.29) is 5.65 Å². The van der Waals surface area contributed by atoms with Gasteiger partial charge in [0.05, 0.1) is 29.6 Å². The molecule has 1 saturated heterocycles. The van der Waals surface area contributed by atoms with E-state index in [0.717, 1.165) is 15.6 Å². The number of imidazole rings is 1. The number of nitrogens with one attached hydrogen (secondary N) is 2. The number of halogens is 3. The van der Waals surface area contributed by atoms with Crippen molar-refractivity contribution in [3.63, 3.8) is 0 Å². The van der Waals surface area contributed by atoms with Gasteiger partial charge >= 0.3 is 6.18 Å². The molecule has 4 heterocycles. The summed E-state index contributed by atoms with van der Waals surface area (Å²) in [5, 5.41) is 3.54. The number of benzene rings is 1. The van der Waals surface area contributed by atoms with Crippen LogP contribution in [0.1, 0.15) is 0 Å². The number of hydrogen-bond acceptors (Lipinski definition) is 6. The molecule has 1 aromatic carbocycles. The van der Waals surface area contributed by atoms with E-state index in [0.29, 0.717) is 54.8 Å². The fourth-order valence-corrected chi connectivity index (χ4v) is 3.78. The predicted octanol–water partition coefficient (Wildman–Crippen LogP) is 3.42. The lowest BCUT2D eigenvalue weighted by Crippen LogP contribution is -2.37. The number of ether oxygens (including phenoxy) is 1. The van der Waals surface area contributed by atoms with Crippen molar-refractivity contribution < 1.29 is 17.9 Å². The molecule has 0 atom stereocenters. The second kappa shape index (κ2) is 7.41. The largest absolute Gasteiger partial charge is 0.406 e. The van der Waals surface area contributed by atoms with Gasteiger partial charge in [0.15, 0.2) is 5.82 Å². The quantitative estimate of drug-likeness (QED) is 0.515. The van der Waals surface area contributed by atoms with Crippen molar-refractivity contribution in [2.24, 2.45) is 0 Å². The summed E-state index contributed by atoms with van der Waals surface area (Å²) in [7, 11) is 1.76. The smallest absolute Gasteiger partial charge is 0.378 e. The minimum atomic E-state index is -4.35. The standard InChI is InChI=1S/C20H20F3N7O/c1-24-19-25-14-3-2-12(10-15(14)26-19)16-27-17(29-6-8-31-9-7-29)13-4-5-30(18(13)28-16)11-20(21,22)23/h2-5,10H,6-9,11H2,1H3,(H2,24,25,26). The summed E-state index contributed by atoms with van der Waals surface area (Å²) in [5.74, 6) is 1.60. The monoisotopic (exact) mass is 431 g/mol. The molecule has 8 nitrogen and oxygen atoms in total. The molecule has 0 spiro atoms. The minimum absolute atomic E-state index is 0.254. The van der Waals surface area contributed by atoms with Gasteiger partial charge in [-0.15, -0.1) is 0 Å². The first-order valence-corrected chi connectivity index (χ1v) is 9.85. The zero-order valence-corrected chi connectivity index (χ0v) is 16.7. The fourth-order valence-electron chi connectivity index (χ4n) is 3.78. The number of H-pyrrole nitrogens is 1. The molecule has 5 rings (SSSR count). The predicted molar refractivity (Wildman–Crippen MR) is 111 cm³/mol. The highest BCUT2D eigenvalue weighted by Crippen LogP contribution is 2.31. The summed E-state index contributed by atoms with van der Waals surface area (Å²) in [5.41, 5.74) is 2.49. The Morgan fingerprint density at radius 1 is 1.13 bits per heavy atom. The van der Waals surface area contributed by atoms with E-state index < -0.39 is 12.7 Å². The van der Waals surface area contributed by atoms with E-state index in [1.807, 2.05) is 23.1 Å². The number of rotatable bonds is 4. The van der Waals surface area contributed by atoms with Crippen molar-refractivity contribution in [3.05, 3.63) is 30.5 Å². The molecule has 1 fully saturated rings. The number of aromatic amines is 1. The Bertz CT molecular complexity index is 1240. The number of fused-ring (bicyclic) bond motifs is 2. The average Bonchev–Trinajstić information content (AvgIpc) is 3.36. The summed E-state index contributed by atoms with van der Waals surface area (Å²) in [4.78, 5) is 18.9. The number of nitrogens with zero attached hydrogens (tertiary/aromatic N) is 5. The molecular formula is C20H20F3N7O. The molecule has 0 amide bonds. The third-order valence-corrected chi connectivity index (χ3v) is 5.24. The highest BCUT2D eigenvalue weighted by Gasteiger charge is 2.29. The van der Waals surface area contributed by atoms with Gasteiger partial charge in [-0.25, -0.2) is 15.0 Å². The SMILES string of the molecule is CNc1nc2ccc(-c3nc(N4CCOCC4)c4ccn(CC(F)(F)F)c4n3)cc2[nH]1. The van der Waals surface area contributed by atoms with E-state index in [2.05, 4.69) is 20.3 Å². The van der Waals surface area contributed by atoms with Gasteiger partial charge < -0.3 is 24.5 Å². The van der Waals surface area contributed by atoms with E-state index in [1.54, 1.807) is 13.1 Å². The topological polar surface area (TPSA) is 83.9 Å². The lowest BCUT2D eigenvalue weighted by atomic mass is 10.2. The number of aromatic nitrogens is 5. The second-order valence-corrected chi connectivity index (χ2v) is 7.33. The Morgan fingerprint density at radius 2 is 1.94 bits per heavy atom. The summed E-state index contributed by atoms with van der Waals surface area (Å²) in [6, 6.07) is 7.15. The lowest BCUT2D eigenvalue weighted by Gasteiger charge is -2.28. The molecule has 31 heavy (non-hydrogen) atoms. The van der Waals surface area contributed by atoms with Gasteiger partial charge in [-0.1, -0.05) is 0 Å². The molecular weight excluding hydrogens is 411 g/mol. The number of hydrogen-bond donors (Lipinski definition) is 2. The zero-order valence-electron chi connectivity index (χ0n) is 16.7. The van der Waals surface area contributed by atoms with Gasteiger partial charge in [-0.3, -0.25) is 0 Å². The molecule has 4 aromatic rings. The van der Waals surface area contributed by atoms with E-state index >= 15 is 0 Å². The molecule has 3 aromatic heterocycles. The first-order valence-electron chi connectivity index (χ1n) is 9.85. The van der Waals surface area contributed by atoms with E-state index in [9.17, 15) is 13.2 Å². The van der Waals surface area contributed by atoms with Crippen LogP contribution in [0.15, 0.2) is 30.5 Å². The molecule has 0 unspecified atom stereocenters. The molecule has 11 heteroatoms. The third kappa shape index (κ3) is 3.76. The van der Waals surface area contributed by atoms with Crippen molar-refractivity contribution in [2.45, 2.75) is 12.7 Å². The number of morpholine rings is 1. The molecule has 0 radical (unpaired) electrons. The Hall–Kier alpha value is -3.34. The Balaban J connectivity index is 1.67. The van der Waals surface area contributed by atoms with Crippen molar-refractivity contribution in [2.75, 3.05) is 43.6 Å². The molecule has 0 saturated carbocycles. The van der Waals surface area contributed by atoms with E-state index in [4.69, 9.17) is 9.72 Å². The highest BCUT2D eigenvalue weighted by molar-refractivity contribution is 5.91. The van der Waals surface area contributed by atoms with E-state index in [1.165, 1.54) is 6.20 Å². The van der Waals surface area contributed by atoms with Gasteiger partial charge in [-0.05, 0) is 24.3 Å². The van der Waals surface area contributed by atoms with Gasteiger partial charge in [-0.2, -0.15) is 13.2 Å². The average molecular weight is 431 g/mol. The van der Waals surface area contributed by atoms with Crippen molar-refractivity contribution >= 4 is 33.8 Å². The summed E-state index contributed by atoms with van der Waals surface area (Å²) in [6.45, 7) is 1.19. The number of anilines is 2. The molecule has 162 valence electrons. The first kappa shape index (κ1) is 19.6. The van der Waals surface area contributed by atoms with Gasteiger partial charge in [0, 0.05) is 31.9 Å². The second-order valence-electron chi connectivity index (χ2n) is 7.33. The maximum atomic E-state index is 13.1. The van der Waals surface area contributed by atoms with Gasteiger partial charge in [0.2, 0.25) is 5.95 Å². The van der Waals surface area contributed by atoms with Crippen LogP contribution < -0.4 is 10.2 Å². The van der Waals surface area contributed by atoms with Crippen molar-refractivity contribution in [1.82, 2.24) is 24.5 Å². The maximum Gasteiger partial charge on any atom is 0.406 e. The fraction of sp³-hybridized carbons (Fsp3) is 0.350. The van der Waals surface area contributed by atoms with Crippen LogP contribution in [-0.4, -0.2) is 64.0 Å². The van der Waals surface area contributed by atoms with Crippen LogP contribution >= 0.6 is 0 Å². The Labute approximate surface area is 175 Å². The molecule has 1 aliphatic heterocycles. The number of alkyl halides is 3. The van der Waals surface area contributed by atoms with Crippen LogP contribution in [0, 0.1) is 0 Å². The van der Waals surface area contributed by atoms with Crippen molar-refractivity contribution in [3.8, 4) is 11.4 Å². The summed E-state index contributed by atoms with van der Waals surface area (Å²) >= 11 is 0. The Kier molecular flexibility index (Phi) is 4.69. The third-order valence-electron chi connectivity index (χ3n) is 5.24. The molecule has 0 aliphatic carbocycles. The van der Waals surface area contributed by atoms with Crippen LogP contribution in [-0.2, 0) is 11.3 Å². The van der Waals surface area contributed by atoms with Gasteiger partial charge in [0.1, 0.15) is 18.0 Å². The summed E-state index contributed by atoms with van der Waals surface area (Å²) < 4.78 is 45.9. The lowest BCUT2D eigenvalue weighted by molar-refractivity contribution is -0.139. The maximum absolute atomic E-state index is 13.1.